The summed E-state index contributed by atoms with van der Waals surface area (Å²) in [7, 11) is 0. The maximum Gasteiger partial charge on any atom is 0.126 e. The predicted octanol–water partition coefficient (Wildman–Crippen LogP) is 11.9. The van der Waals surface area contributed by atoms with Gasteiger partial charge in [-0.1, -0.05) is 146 Å². The SMILES string of the molecule is c1ccc(-c2ccc3c4ccc5c6ccccc6sc5c4n(-c4cccc(C5=NC(c6ccccc6)[N-]C(c6ccccc6)N5)c4)c3c2)cc1. The Morgan fingerprint density at radius 2 is 1.22 bits per heavy atom. The zero-order valence-electron chi connectivity index (χ0n) is 27.1. The zero-order valence-corrected chi connectivity index (χ0v) is 27.9. The van der Waals surface area contributed by atoms with Gasteiger partial charge in [0, 0.05) is 37.5 Å². The van der Waals surface area contributed by atoms with Crippen LogP contribution in [-0.2, 0) is 0 Å². The Bertz CT molecular complexity index is 2710. The van der Waals surface area contributed by atoms with Crippen molar-refractivity contribution in [3.8, 4) is 16.8 Å². The second-order valence-electron chi connectivity index (χ2n) is 12.8. The van der Waals surface area contributed by atoms with Crippen molar-refractivity contribution in [2.75, 3.05) is 0 Å². The Morgan fingerprint density at radius 1 is 0.540 bits per heavy atom. The predicted molar refractivity (Wildman–Crippen MR) is 211 cm³/mol. The molecule has 1 aliphatic heterocycles. The lowest BCUT2D eigenvalue weighted by molar-refractivity contribution is 0.631. The van der Waals surface area contributed by atoms with Gasteiger partial charge in [0.25, 0.3) is 0 Å². The molecule has 0 radical (unpaired) electrons. The van der Waals surface area contributed by atoms with Crippen LogP contribution in [-0.4, -0.2) is 10.4 Å². The van der Waals surface area contributed by atoms with Gasteiger partial charge in [0.2, 0.25) is 0 Å². The summed E-state index contributed by atoms with van der Waals surface area (Å²) in [5.41, 5.74) is 9.12. The van der Waals surface area contributed by atoms with Crippen LogP contribution in [0.5, 0.6) is 0 Å². The van der Waals surface area contributed by atoms with Gasteiger partial charge in [-0.25, -0.2) is 0 Å². The molecule has 9 aromatic rings. The van der Waals surface area contributed by atoms with Gasteiger partial charge in [-0.2, -0.15) is 0 Å². The van der Waals surface area contributed by atoms with Crippen LogP contribution in [0.3, 0.4) is 0 Å². The van der Waals surface area contributed by atoms with Crippen molar-refractivity contribution in [3.63, 3.8) is 0 Å². The number of amidine groups is 1. The summed E-state index contributed by atoms with van der Waals surface area (Å²) in [6.07, 6.45) is -0.543. The molecule has 0 spiro atoms. The fourth-order valence-corrected chi connectivity index (χ4v) is 8.64. The summed E-state index contributed by atoms with van der Waals surface area (Å²) >= 11 is 1.87. The molecule has 238 valence electrons. The number of nitrogens with one attached hydrogen (secondary N) is 1. The third-order valence-corrected chi connectivity index (χ3v) is 11.0. The highest BCUT2D eigenvalue weighted by Gasteiger charge is 2.21. The molecule has 10 rings (SSSR count). The molecule has 50 heavy (non-hydrogen) atoms. The number of hydrogen-bond donors (Lipinski definition) is 1. The van der Waals surface area contributed by atoms with Crippen LogP contribution >= 0.6 is 11.3 Å². The number of fused-ring (bicyclic) bond motifs is 7. The van der Waals surface area contributed by atoms with E-state index in [-0.39, 0.29) is 12.3 Å². The van der Waals surface area contributed by atoms with Gasteiger partial charge < -0.3 is 15.2 Å². The van der Waals surface area contributed by atoms with Gasteiger partial charge in [0.05, 0.1) is 15.7 Å². The number of aliphatic imine (C=N–C) groups is 1. The Labute approximate surface area is 294 Å². The maximum absolute atomic E-state index is 5.21. The van der Waals surface area contributed by atoms with E-state index < -0.39 is 0 Å². The fraction of sp³-hybridized carbons (Fsp3) is 0.0444. The van der Waals surface area contributed by atoms with E-state index in [0.717, 1.165) is 28.2 Å². The van der Waals surface area contributed by atoms with E-state index >= 15 is 0 Å². The summed E-state index contributed by atoms with van der Waals surface area (Å²) in [5.74, 6) is 0.835. The maximum atomic E-state index is 5.21. The average molecular weight is 660 g/mol. The fourth-order valence-electron chi connectivity index (χ4n) is 7.40. The third kappa shape index (κ3) is 4.82. The first kappa shape index (κ1) is 29.0. The molecule has 0 saturated carbocycles. The molecule has 0 fully saturated rings. The molecule has 3 heterocycles. The molecule has 2 unspecified atom stereocenters. The minimum absolute atomic E-state index is 0.225. The van der Waals surface area contributed by atoms with Gasteiger partial charge in [0.15, 0.2) is 0 Å². The van der Waals surface area contributed by atoms with Crippen molar-refractivity contribution in [1.29, 1.82) is 0 Å². The molecule has 1 N–H and O–H groups in total. The van der Waals surface area contributed by atoms with Crippen molar-refractivity contribution in [2.45, 2.75) is 12.3 Å². The summed E-state index contributed by atoms with van der Waals surface area (Å²) < 4.78 is 5.07. The second-order valence-corrected chi connectivity index (χ2v) is 13.8. The van der Waals surface area contributed by atoms with Crippen LogP contribution in [0.1, 0.15) is 29.0 Å². The van der Waals surface area contributed by atoms with E-state index in [1.807, 2.05) is 23.5 Å². The lowest BCUT2D eigenvalue weighted by Gasteiger charge is -2.44. The number of aromatic nitrogens is 1. The molecule has 0 amide bonds. The number of benzene rings is 7. The quantitative estimate of drug-likeness (QED) is 0.196. The third-order valence-electron chi connectivity index (χ3n) is 9.79. The normalized spacial score (nSPS) is 16.2. The van der Waals surface area contributed by atoms with Crippen molar-refractivity contribution in [2.24, 2.45) is 4.99 Å². The van der Waals surface area contributed by atoms with E-state index in [9.17, 15) is 0 Å². The molecule has 4 nitrogen and oxygen atoms in total. The lowest BCUT2D eigenvalue weighted by Crippen LogP contribution is -2.34. The van der Waals surface area contributed by atoms with Gasteiger partial charge in [-0.05, 0) is 58.9 Å². The Balaban J connectivity index is 1.20. The van der Waals surface area contributed by atoms with Crippen LogP contribution in [0.4, 0.5) is 0 Å². The van der Waals surface area contributed by atoms with Crippen LogP contribution in [0.15, 0.2) is 175 Å². The van der Waals surface area contributed by atoms with Crippen LogP contribution in [0, 0.1) is 0 Å². The van der Waals surface area contributed by atoms with Gasteiger partial charge in [-0.15, -0.1) is 11.3 Å². The first-order chi connectivity index (χ1) is 24.8. The van der Waals surface area contributed by atoms with Crippen molar-refractivity contribution < 1.29 is 0 Å². The van der Waals surface area contributed by atoms with Crippen molar-refractivity contribution >= 4 is 59.2 Å². The average Bonchev–Trinajstić information content (AvgIpc) is 3.74. The molecule has 2 aromatic heterocycles. The van der Waals surface area contributed by atoms with Gasteiger partial charge in [0.1, 0.15) is 5.84 Å². The summed E-state index contributed by atoms with van der Waals surface area (Å²) in [6, 6.07) is 60.5. The number of thiophene rings is 1. The molecule has 1 aliphatic rings. The summed E-state index contributed by atoms with van der Waals surface area (Å²) in [4.78, 5) is 5.21. The van der Waals surface area contributed by atoms with Gasteiger partial charge >= 0.3 is 0 Å². The minimum atomic E-state index is -0.318. The van der Waals surface area contributed by atoms with Crippen molar-refractivity contribution in [1.82, 2.24) is 9.88 Å². The van der Waals surface area contributed by atoms with E-state index in [1.165, 1.54) is 53.1 Å². The van der Waals surface area contributed by atoms with Gasteiger partial charge in [-0.3, -0.25) is 4.99 Å². The van der Waals surface area contributed by atoms with E-state index in [0.29, 0.717) is 0 Å². The lowest BCUT2D eigenvalue weighted by atomic mass is 10.0. The first-order valence-corrected chi connectivity index (χ1v) is 17.8. The first-order valence-electron chi connectivity index (χ1n) is 17.0. The van der Waals surface area contributed by atoms with Crippen LogP contribution in [0.25, 0.3) is 64.1 Å². The van der Waals surface area contributed by atoms with Crippen LogP contribution < -0.4 is 5.32 Å². The molecule has 0 aliphatic carbocycles. The van der Waals surface area contributed by atoms with E-state index in [1.54, 1.807) is 0 Å². The molecule has 2 atom stereocenters. The largest absolute Gasteiger partial charge is 0.613 e. The molecular weight excluding hydrogens is 629 g/mol. The van der Waals surface area contributed by atoms with Crippen LogP contribution in [0.2, 0.25) is 0 Å². The Hall–Kier alpha value is -6.01. The standard InChI is InChI=1S/C45H31N4S/c1-4-13-29(14-5-1)32-23-24-35-37-25-26-38-36-21-10-11-22-40(36)50-42(38)41(37)49(39(35)28-32)34-20-12-19-33(27-34)45-47-43(30-15-6-2-7-16-30)46-44(48-45)31-17-8-3-9-18-31/h1-28,43-44H,(H,47,48)/q-1. The number of hydrogen-bond acceptors (Lipinski definition) is 3. The molecule has 0 saturated heterocycles. The van der Waals surface area contributed by atoms with E-state index in [2.05, 4.69) is 168 Å². The molecule has 0 bridgehead atoms. The topological polar surface area (TPSA) is 43.4 Å². The summed E-state index contributed by atoms with van der Waals surface area (Å²) in [5, 5.41) is 13.9. The Kier molecular flexibility index (Phi) is 6.86. The highest BCUT2D eigenvalue weighted by Crippen LogP contribution is 2.44. The number of nitrogens with zero attached hydrogens (tertiary/aromatic N) is 3. The van der Waals surface area contributed by atoms with E-state index in [4.69, 9.17) is 10.3 Å². The second kappa shape index (κ2) is 11.8. The number of rotatable bonds is 5. The molecular formula is C45H31N4S-. The van der Waals surface area contributed by atoms with Crippen molar-refractivity contribution in [3.05, 3.63) is 192 Å². The highest BCUT2D eigenvalue weighted by atomic mass is 32.1. The smallest absolute Gasteiger partial charge is 0.126 e. The highest BCUT2D eigenvalue weighted by molar-refractivity contribution is 7.26. The zero-order chi connectivity index (χ0) is 33.0. The Morgan fingerprint density at radius 3 is 2.04 bits per heavy atom. The minimum Gasteiger partial charge on any atom is -0.613 e. The summed E-state index contributed by atoms with van der Waals surface area (Å²) in [6.45, 7) is 0. The molecule has 7 aromatic carbocycles. The molecule has 5 heteroatoms. The monoisotopic (exact) mass is 659 g/mol.